The van der Waals surface area contributed by atoms with Gasteiger partial charge in [-0.15, -0.1) is 0 Å². The van der Waals surface area contributed by atoms with E-state index in [1.54, 1.807) is 0 Å². The molecule has 0 bridgehead atoms. The van der Waals surface area contributed by atoms with E-state index < -0.39 is 0 Å². The summed E-state index contributed by atoms with van der Waals surface area (Å²) in [4.78, 5) is 2.64. The van der Waals surface area contributed by atoms with Crippen molar-refractivity contribution in [3.05, 3.63) is 0 Å². The molecule has 1 heterocycles. The molecule has 15 heavy (non-hydrogen) atoms. The normalized spacial score (nSPS) is 25.8. The molecule has 0 saturated carbocycles. The van der Waals surface area contributed by atoms with Crippen LogP contribution in [-0.2, 0) is 0 Å². The Morgan fingerprint density at radius 3 is 2.47 bits per heavy atom. The van der Waals surface area contributed by atoms with Crippen LogP contribution < -0.4 is 5.73 Å². The van der Waals surface area contributed by atoms with Crippen LogP contribution in [0.1, 0.15) is 52.9 Å². The van der Waals surface area contributed by atoms with E-state index in [0.717, 1.165) is 5.92 Å². The summed E-state index contributed by atoms with van der Waals surface area (Å²) in [6.07, 6.45) is 6.64. The maximum absolute atomic E-state index is 6.07. The van der Waals surface area contributed by atoms with Crippen LogP contribution in [0.15, 0.2) is 0 Å². The zero-order valence-electron chi connectivity index (χ0n) is 10.7. The summed E-state index contributed by atoms with van der Waals surface area (Å²) in [5.74, 6) is 0.865. The van der Waals surface area contributed by atoms with Crippen molar-refractivity contribution in [1.29, 1.82) is 0 Å². The maximum atomic E-state index is 6.07. The topological polar surface area (TPSA) is 29.3 Å². The van der Waals surface area contributed by atoms with E-state index in [2.05, 4.69) is 25.7 Å². The smallest absolute Gasteiger partial charge is 0.0244 e. The van der Waals surface area contributed by atoms with Gasteiger partial charge in [0.05, 0.1) is 0 Å². The van der Waals surface area contributed by atoms with Crippen LogP contribution in [-0.4, -0.2) is 30.1 Å². The zero-order chi connectivity index (χ0) is 11.3. The Bertz CT molecular complexity index is 164. The van der Waals surface area contributed by atoms with Crippen LogP contribution in [0.5, 0.6) is 0 Å². The lowest BCUT2D eigenvalue weighted by molar-refractivity contribution is 0.108. The number of hydrogen-bond donors (Lipinski definition) is 1. The molecule has 1 rings (SSSR count). The molecular weight excluding hydrogens is 184 g/mol. The van der Waals surface area contributed by atoms with Gasteiger partial charge in [0, 0.05) is 18.6 Å². The highest BCUT2D eigenvalue weighted by Crippen LogP contribution is 2.21. The third-order valence-corrected chi connectivity index (χ3v) is 3.92. The summed E-state index contributed by atoms with van der Waals surface area (Å²) >= 11 is 0. The van der Waals surface area contributed by atoms with Crippen LogP contribution in [0, 0.1) is 5.92 Å². The minimum absolute atomic E-state index is 0.333. The van der Waals surface area contributed by atoms with Gasteiger partial charge >= 0.3 is 0 Å². The summed E-state index contributed by atoms with van der Waals surface area (Å²) in [7, 11) is 0. The molecule has 0 aromatic heterocycles. The van der Waals surface area contributed by atoms with Crippen molar-refractivity contribution in [3.63, 3.8) is 0 Å². The van der Waals surface area contributed by atoms with Crippen LogP contribution in [0.4, 0.5) is 0 Å². The Balaban J connectivity index is 2.48. The maximum Gasteiger partial charge on any atom is 0.0244 e. The summed E-state index contributed by atoms with van der Waals surface area (Å²) in [5, 5.41) is 0. The molecule has 90 valence electrons. The first-order valence-electron chi connectivity index (χ1n) is 6.68. The van der Waals surface area contributed by atoms with E-state index in [1.165, 1.54) is 45.2 Å². The average molecular weight is 212 g/mol. The lowest BCUT2D eigenvalue weighted by atomic mass is 9.94. The molecule has 1 saturated heterocycles. The summed E-state index contributed by atoms with van der Waals surface area (Å²) in [6.45, 7) is 9.30. The summed E-state index contributed by atoms with van der Waals surface area (Å²) < 4.78 is 0. The summed E-state index contributed by atoms with van der Waals surface area (Å²) in [6, 6.07) is 0.971. The minimum atomic E-state index is 0.333. The van der Waals surface area contributed by atoms with Gasteiger partial charge in [-0.2, -0.15) is 0 Å². The molecular formula is C13H28N2. The van der Waals surface area contributed by atoms with Gasteiger partial charge in [-0.3, -0.25) is 4.90 Å². The number of hydrogen-bond acceptors (Lipinski definition) is 2. The SMILES string of the molecule is CCC(CC)CN1CCCCC1C(C)N. The Morgan fingerprint density at radius 1 is 1.27 bits per heavy atom. The van der Waals surface area contributed by atoms with Gasteiger partial charge in [-0.05, 0) is 32.2 Å². The van der Waals surface area contributed by atoms with Gasteiger partial charge in [0.2, 0.25) is 0 Å². The first-order chi connectivity index (χ1) is 7.19. The third-order valence-electron chi connectivity index (χ3n) is 3.92. The largest absolute Gasteiger partial charge is 0.327 e. The molecule has 0 aliphatic carbocycles. The van der Waals surface area contributed by atoms with Gasteiger partial charge in [0.1, 0.15) is 0 Å². The monoisotopic (exact) mass is 212 g/mol. The molecule has 2 unspecified atom stereocenters. The highest BCUT2D eigenvalue weighted by Gasteiger charge is 2.26. The summed E-state index contributed by atoms with van der Waals surface area (Å²) in [5.41, 5.74) is 6.07. The Hall–Kier alpha value is -0.0800. The van der Waals surface area contributed by atoms with Crippen molar-refractivity contribution in [2.45, 2.75) is 65.0 Å². The van der Waals surface area contributed by atoms with Crippen LogP contribution in [0.25, 0.3) is 0 Å². The van der Waals surface area contributed by atoms with Gasteiger partial charge in [-0.25, -0.2) is 0 Å². The molecule has 0 aromatic rings. The molecule has 2 atom stereocenters. The van der Waals surface area contributed by atoms with Crippen molar-refractivity contribution < 1.29 is 0 Å². The third kappa shape index (κ3) is 3.76. The predicted molar refractivity (Wildman–Crippen MR) is 66.9 cm³/mol. The molecule has 0 spiro atoms. The second kappa shape index (κ2) is 6.49. The molecule has 0 radical (unpaired) electrons. The van der Waals surface area contributed by atoms with E-state index in [4.69, 9.17) is 5.73 Å². The molecule has 2 heteroatoms. The lowest BCUT2D eigenvalue weighted by Gasteiger charge is -2.39. The number of rotatable bonds is 5. The molecule has 1 fully saturated rings. The van der Waals surface area contributed by atoms with Crippen LogP contribution in [0.3, 0.4) is 0 Å². The zero-order valence-corrected chi connectivity index (χ0v) is 10.7. The lowest BCUT2D eigenvalue weighted by Crippen LogP contribution is -2.50. The van der Waals surface area contributed by atoms with E-state index >= 15 is 0 Å². The standard InChI is InChI=1S/C13H28N2/c1-4-12(5-2)10-15-9-7-6-8-13(15)11(3)14/h11-13H,4-10,14H2,1-3H3. The molecule has 0 amide bonds. The Kier molecular flexibility index (Phi) is 5.62. The number of nitrogens with two attached hydrogens (primary N) is 1. The molecule has 1 aliphatic rings. The van der Waals surface area contributed by atoms with Crippen molar-refractivity contribution in [2.75, 3.05) is 13.1 Å². The average Bonchev–Trinajstić information content (AvgIpc) is 2.26. The van der Waals surface area contributed by atoms with E-state index in [-0.39, 0.29) is 0 Å². The minimum Gasteiger partial charge on any atom is -0.327 e. The quantitative estimate of drug-likeness (QED) is 0.759. The van der Waals surface area contributed by atoms with Gasteiger partial charge < -0.3 is 5.73 Å². The van der Waals surface area contributed by atoms with Crippen molar-refractivity contribution in [2.24, 2.45) is 11.7 Å². The Morgan fingerprint density at radius 2 is 1.93 bits per heavy atom. The molecule has 2 N–H and O–H groups in total. The number of likely N-dealkylation sites (tertiary alicyclic amines) is 1. The van der Waals surface area contributed by atoms with Crippen molar-refractivity contribution in [3.8, 4) is 0 Å². The van der Waals surface area contributed by atoms with E-state index in [1.807, 2.05) is 0 Å². The highest BCUT2D eigenvalue weighted by atomic mass is 15.2. The number of piperidine rings is 1. The first kappa shape index (κ1) is 13.0. The van der Waals surface area contributed by atoms with E-state index in [0.29, 0.717) is 12.1 Å². The van der Waals surface area contributed by atoms with Crippen molar-refractivity contribution >= 4 is 0 Å². The highest BCUT2D eigenvalue weighted by molar-refractivity contribution is 4.84. The fraction of sp³-hybridized carbons (Fsp3) is 1.00. The predicted octanol–water partition coefficient (Wildman–Crippen LogP) is 2.62. The van der Waals surface area contributed by atoms with Crippen LogP contribution in [0.2, 0.25) is 0 Å². The number of nitrogens with zero attached hydrogens (tertiary/aromatic N) is 1. The second-order valence-corrected chi connectivity index (χ2v) is 5.10. The van der Waals surface area contributed by atoms with E-state index in [9.17, 15) is 0 Å². The van der Waals surface area contributed by atoms with Crippen molar-refractivity contribution in [1.82, 2.24) is 4.90 Å². The van der Waals surface area contributed by atoms with Crippen LogP contribution >= 0.6 is 0 Å². The fourth-order valence-electron chi connectivity index (χ4n) is 2.72. The first-order valence-corrected chi connectivity index (χ1v) is 6.68. The molecule has 0 aromatic carbocycles. The second-order valence-electron chi connectivity index (χ2n) is 5.10. The fourth-order valence-corrected chi connectivity index (χ4v) is 2.72. The Labute approximate surface area is 95.2 Å². The molecule has 2 nitrogen and oxygen atoms in total. The van der Waals surface area contributed by atoms with Gasteiger partial charge in [0.25, 0.3) is 0 Å². The molecule has 1 aliphatic heterocycles. The van der Waals surface area contributed by atoms with Gasteiger partial charge in [-0.1, -0.05) is 33.1 Å². The van der Waals surface area contributed by atoms with Gasteiger partial charge in [0.15, 0.2) is 0 Å².